The molecule has 0 radical (unpaired) electrons. The van der Waals surface area contributed by atoms with E-state index in [1.54, 1.807) is 30.5 Å². The van der Waals surface area contributed by atoms with Gasteiger partial charge in [0.05, 0.1) is 11.3 Å². The van der Waals surface area contributed by atoms with E-state index in [9.17, 15) is 9.59 Å². The number of carbonyl (C=O) groups is 2. The number of aryl methyl sites for hydroxylation is 1. The lowest BCUT2D eigenvalue weighted by atomic mass is 10.0. The Labute approximate surface area is 111 Å². The molecule has 0 aliphatic heterocycles. The summed E-state index contributed by atoms with van der Waals surface area (Å²) < 4.78 is 0. The Morgan fingerprint density at radius 2 is 1.95 bits per heavy atom. The standard InChI is InChI=1S/C15H14N2O2/c1-10-5-3-7-13(14(10)11(2)18)17-15(19)12-6-4-8-16-9-12/h3-9H,1-2H3,(H,17,19). The summed E-state index contributed by atoms with van der Waals surface area (Å²) in [5.41, 5.74) is 2.37. The van der Waals surface area contributed by atoms with Crippen LogP contribution in [0.4, 0.5) is 5.69 Å². The molecule has 4 nitrogen and oxygen atoms in total. The first-order chi connectivity index (χ1) is 9.09. The van der Waals surface area contributed by atoms with Crippen LogP contribution < -0.4 is 5.32 Å². The minimum atomic E-state index is -0.277. The number of amides is 1. The monoisotopic (exact) mass is 254 g/mol. The molecule has 0 unspecified atom stereocenters. The number of rotatable bonds is 3. The van der Waals surface area contributed by atoms with E-state index in [2.05, 4.69) is 10.3 Å². The van der Waals surface area contributed by atoms with Crippen molar-refractivity contribution in [2.75, 3.05) is 5.32 Å². The van der Waals surface area contributed by atoms with Gasteiger partial charge in [0.2, 0.25) is 0 Å². The van der Waals surface area contributed by atoms with Crippen LogP contribution in [0.25, 0.3) is 0 Å². The fraction of sp³-hybridized carbons (Fsp3) is 0.133. The van der Waals surface area contributed by atoms with E-state index < -0.39 is 0 Å². The lowest BCUT2D eigenvalue weighted by Crippen LogP contribution is -2.15. The van der Waals surface area contributed by atoms with E-state index in [0.717, 1.165) is 5.56 Å². The van der Waals surface area contributed by atoms with Crippen LogP contribution in [0, 0.1) is 6.92 Å². The molecule has 2 aromatic rings. The van der Waals surface area contributed by atoms with Crippen LogP contribution in [0.2, 0.25) is 0 Å². The fourth-order valence-electron chi connectivity index (χ4n) is 1.93. The second-order valence-electron chi connectivity index (χ2n) is 4.25. The van der Waals surface area contributed by atoms with E-state index in [4.69, 9.17) is 0 Å². The van der Waals surface area contributed by atoms with Crippen molar-refractivity contribution < 1.29 is 9.59 Å². The molecule has 1 amide bonds. The van der Waals surface area contributed by atoms with Crippen molar-refractivity contribution in [3.8, 4) is 0 Å². The molecule has 1 aromatic carbocycles. The lowest BCUT2D eigenvalue weighted by Gasteiger charge is -2.11. The van der Waals surface area contributed by atoms with Crippen LogP contribution >= 0.6 is 0 Å². The Morgan fingerprint density at radius 3 is 2.58 bits per heavy atom. The van der Waals surface area contributed by atoms with E-state index in [-0.39, 0.29) is 11.7 Å². The molecular formula is C15H14N2O2. The summed E-state index contributed by atoms with van der Waals surface area (Å²) in [5, 5.41) is 2.75. The van der Waals surface area contributed by atoms with Crippen LogP contribution in [0.5, 0.6) is 0 Å². The molecule has 19 heavy (non-hydrogen) atoms. The SMILES string of the molecule is CC(=O)c1c(C)cccc1NC(=O)c1cccnc1. The zero-order chi connectivity index (χ0) is 13.8. The van der Waals surface area contributed by atoms with Gasteiger partial charge in [0, 0.05) is 18.0 Å². The molecule has 0 aliphatic carbocycles. The van der Waals surface area contributed by atoms with Gasteiger partial charge in [-0.2, -0.15) is 0 Å². The topological polar surface area (TPSA) is 59.1 Å². The molecule has 2 rings (SSSR count). The Kier molecular flexibility index (Phi) is 3.71. The van der Waals surface area contributed by atoms with Crippen LogP contribution in [-0.2, 0) is 0 Å². The maximum Gasteiger partial charge on any atom is 0.257 e. The van der Waals surface area contributed by atoms with Gasteiger partial charge in [0.25, 0.3) is 5.91 Å². The maximum absolute atomic E-state index is 12.0. The summed E-state index contributed by atoms with van der Waals surface area (Å²) >= 11 is 0. The maximum atomic E-state index is 12.0. The predicted octanol–water partition coefficient (Wildman–Crippen LogP) is 2.84. The molecule has 1 heterocycles. The Balaban J connectivity index is 2.32. The number of aromatic nitrogens is 1. The first-order valence-electron chi connectivity index (χ1n) is 5.91. The zero-order valence-corrected chi connectivity index (χ0v) is 10.8. The van der Waals surface area contributed by atoms with Gasteiger partial charge in [-0.25, -0.2) is 0 Å². The highest BCUT2D eigenvalue weighted by molar-refractivity contribution is 6.09. The summed E-state index contributed by atoms with van der Waals surface area (Å²) in [6.45, 7) is 3.33. The number of nitrogens with zero attached hydrogens (tertiary/aromatic N) is 1. The largest absolute Gasteiger partial charge is 0.321 e. The van der Waals surface area contributed by atoms with E-state index in [1.807, 2.05) is 13.0 Å². The van der Waals surface area contributed by atoms with Gasteiger partial charge in [-0.1, -0.05) is 12.1 Å². The molecule has 96 valence electrons. The zero-order valence-electron chi connectivity index (χ0n) is 10.8. The third-order valence-electron chi connectivity index (χ3n) is 2.80. The van der Waals surface area contributed by atoms with Crippen molar-refractivity contribution in [2.24, 2.45) is 0 Å². The highest BCUT2D eigenvalue weighted by Crippen LogP contribution is 2.20. The van der Waals surface area contributed by atoms with Crippen LogP contribution in [-0.4, -0.2) is 16.7 Å². The highest BCUT2D eigenvalue weighted by Gasteiger charge is 2.13. The first-order valence-corrected chi connectivity index (χ1v) is 5.91. The molecule has 4 heteroatoms. The van der Waals surface area contributed by atoms with Gasteiger partial charge in [-0.3, -0.25) is 14.6 Å². The number of hydrogen-bond acceptors (Lipinski definition) is 3. The molecule has 0 atom stereocenters. The van der Waals surface area contributed by atoms with Gasteiger partial charge in [0.1, 0.15) is 0 Å². The predicted molar refractivity (Wildman–Crippen MR) is 73.4 cm³/mol. The van der Waals surface area contributed by atoms with Crippen molar-refractivity contribution >= 4 is 17.4 Å². The summed E-state index contributed by atoms with van der Waals surface area (Å²) in [6, 6.07) is 8.73. The normalized spacial score (nSPS) is 10.0. The van der Waals surface area contributed by atoms with Gasteiger partial charge in [0.15, 0.2) is 5.78 Å². The van der Waals surface area contributed by atoms with Crippen molar-refractivity contribution in [3.05, 3.63) is 59.4 Å². The molecule has 0 bridgehead atoms. The highest BCUT2D eigenvalue weighted by atomic mass is 16.1. The molecule has 0 fully saturated rings. The molecule has 0 spiro atoms. The molecule has 1 N–H and O–H groups in total. The third kappa shape index (κ3) is 2.85. The quantitative estimate of drug-likeness (QED) is 0.857. The number of ketones is 1. The number of Topliss-reactive ketones (excluding diaryl/α,β-unsaturated/α-hetero) is 1. The lowest BCUT2D eigenvalue weighted by molar-refractivity contribution is 0.101. The number of carbonyl (C=O) groups excluding carboxylic acids is 2. The van der Waals surface area contributed by atoms with E-state index in [1.165, 1.54) is 13.1 Å². The number of nitrogens with one attached hydrogen (secondary N) is 1. The Hall–Kier alpha value is -2.49. The smallest absolute Gasteiger partial charge is 0.257 e. The molecule has 0 saturated heterocycles. The van der Waals surface area contributed by atoms with Gasteiger partial charge in [-0.15, -0.1) is 0 Å². The molecular weight excluding hydrogens is 240 g/mol. The average molecular weight is 254 g/mol. The summed E-state index contributed by atoms with van der Waals surface area (Å²) in [4.78, 5) is 27.6. The van der Waals surface area contributed by atoms with E-state index in [0.29, 0.717) is 16.8 Å². The van der Waals surface area contributed by atoms with Crippen molar-refractivity contribution in [3.63, 3.8) is 0 Å². The van der Waals surface area contributed by atoms with Crippen LogP contribution in [0.1, 0.15) is 33.2 Å². The first kappa shape index (κ1) is 13.0. The van der Waals surface area contributed by atoms with Crippen molar-refractivity contribution in [2.45, 2.75) is 13.8 Å². The molecule has 0 aliphatic rings. The van der Waals surface area contributed by atoms with Crippen LogP contribution in [0.3, 0.4) is 0 Å². The molecule has 1 aromatic heterocycles. The van der Waals surface area contributed by atoms with Gasteiger partial charge < -0.3 is 5.32 Å². The number of pyridine rings is 1. The van der Waals surface area contributed by atoms with Crippen molar-refractivity contribution in [1.82, 2.24) is 4.98 Å². The van der Waals surface area contributed by atoms with Crippen molar-refractivity contribution in [1.29, 1.82) is 0 Å². The number of hydrogen-bond donors (Lipinski definition) is 1. The number of anilines is 1. The van der Waals surface area contributed by atoms with Gasteiger partial charge >= 0.3 is 0 Å². The number of benzene rings is 1. The van der Waals surface area contributed by atoms with E-state index >= 15 is 0 Å². The Bertz CT molecular complexity index is 621. The molecule has 0 saturated carbocycles. The fourth-order valence-corrected chi connectivity index (χ4v) is 1.93. The summed E-state index contributed by atoms with van der Waals surface area (Å²) in [6.07, 6.45) is 3.09. The second-order valence-corrected chi connectivity index (χ2v) is 4.25. The average Bonchev–Trinajstić information content (AvgIpc) is 2.39. The van der Waals surface area contributed by atoms with Crippen LogP contribution in [0.15, 0.2) is 42.7 Å². The summed E-state index contributed by atoms with van der Waals surface area (Å²) in [5.74, 6) is -0.346. The second kappa shape index (κ2) is 5.44. The van der Waals surface area contributed by atoms with Gasteiger partial charge in [-0.05, 0) is 37.6 Å². The third-order valence-corrected chi connectivity index (χ3v) is 2.80. The minimum absolute atomic E-state index is 0.0698. The Morgan fingerprint density at radius 1 is 1.16 bits per heavy atom. The minimum Gasteiger partial charge on any atom is -0.321 e. The summed E-state index contributed by atoms with van der Waals surface area (Å²) in [7, 11) is 0.